The molecule has 1 aromatic heterocycles. The van der Waals surface area contributed by atoms with Crippen molar-refractivity contribution in [2.45, 2.75) is 19.8 Å². The van der Waals surface area contributed by atoms with E-state index in [9.17, 15) is 13.2 Å². The lowest BCUT2D eigenvalue weighted by molar-refractivity contribution is -0.275. The number of alkyl halides is 3. The molecular formula is C9H11F3N2O2. The van der Waals surface area contributed by atoms with Crippen LogP contribution in [0.4, 0.5) is 13.2 Å². The van der Waals surface area contributed by atoms with E-state index in [1.165, 1.54) is 13.3 Å². The van der Waals surface area contributed by atoms with Gasteiger partial charge in [-0.25, -0.2) is 4.98 Å². The fraction of sp³-hybridized carbons (Fsp3) is 0.444. The van der Waals surface area contributed by atoms with Gasteiger partial charge in [0, 0.05) is 18.3 Å². The fourth-order valence-electron chi connectivity index (χ4n) is 1.22. The SMILES string of the molecule is COc1ncc(C)c(CN)c1OC(F)(F)F. The van der Waals surface area contributed by atoms with E-state index >= 15 is 0 Å². The predicted octanol–water partition coefficient (Wildman–Crippen LogP) is 1.76. The number of hydrogen-bond acceptors (Lipinski definition) is 4. The van der Waals surface area contributed by atoms with Crippen LogP contribution < -0.4 is 15.2 Å². The molecule has 4 nitrogen and oxygen atoms in total. The molecule has 0 atom stereocenters. The molecule has 2 N–H and O–H groups in total. The average molecular weight is 236 g/mol. The number of nitrogens with zero attached hydrogens (tertiary/aromatic N) is 1. The van der Waals surface area contributed by atoms with Crippen molar-refractivity contribution in [2.75, 3.05) is 7.11 Å². The highest BCUT2D eigenvalue weighted by Gasteiger charge is 2.34. The molecule has 0 saturated heterocycles. The second-order valence-corrected chi connectivity index (χ2v) is 3.01. The smallest absolute Gasteiger partial charge is 0.478 e. The van der Waals surface area contributed by atoms with E-state index in [-0.39, 0.29) is 18.0 Å². The molecule has 1 aromatic rings. The maximum Gasteiger partial charge on any atom is 0.573 e. The Balaban J connectivity index is 3.25. The van der Waals surface area contributed by atoms with Gasteiger partial charge in [0.15, 0.2) is 5.75 Å². The van der Waals surface area contributed by atoms with Gasteiger partial charge in [-0.05, 0) is 12.5 Å². The molecule has 0 saturated carbocycles. The van der Waals surface area contributed by atoms with Gasteiger partial charge in [0.2, 0.25) is 0 Å². The van der Waals surface area contributed by atoms with Crippen LogP contribution in [0.3, 0.4) is 0 Å². The van der Waals surface area contributed by atoms with E-state index in [0.29, 0.717) is 5.56 Å². The number of hydrogen-bond donors (Lipinski definition) is 1. The van der Waals surface area contributed by atoms with E-state index in [2.05, 4.69) is 9.72 Å². The van der Waals surface area contributed by atoms with Crippen molar-refractivity contribution >= 4 is 0 Å². The van der Waals surface area contributed by atoms with Crippen molar-refractivity contribution in [2.24, 2.45) is 5.73 Å². The minimum Gasteiger partial charge on any atom is -0.478 e. The number of halogens is 3. The summed E-state index contributed by atoms with van der Waals surface area (Å²) in [5, 5.41) is 0. The van der Waals surface area contributed by atoms with Crippen LogP contribution in [0.2, 0.25) is 0 Å². The lowest BCUT2D eigenvalue weighted by Gasteiger charge is -2.16. The van der Waals surface area contributed by atoms with Crippen LogP contribution in [0, 0.1) is 6.92 Å². The Morgan fingerprint density at radius 3 is 2.50 bits per heavy atom. The Kier molecular flexibility index (Phi) is 3.58. The van der Waals surface area contributed by atoms with Crippen LogP contribution in [-0.2, 0) is 6.54 Å². The van der Waals surface area contributed by atoms with E-state index in [4.69, 9.17) is 10.5 Å². The second-order valence-electron chi connectivity index (χ2n) is 3.01. The summed E-state index contributed by atoms with van der Waals surface area (Å²) >= 11 is 0. The average Bonchev–Trinajstić information content (AvgIpc) is 2.16. The summed E-state index contributed by atoms with van der Waals surface area (Å²) in [5.74, 6) is -0.708. The molecule has 0 fully saturated rings. The Bertz CT molecular complexity index is 380. The number of rotatable bonds is 3. The number of ether oxygens (including phenoxy) is 2. The van der Waals surface area contributed by atoms with Gasteiger partial charge in [-0.15, -0.1) is 13.2 Å². The van der Waals surface area contributed by atoms with E-state index in [1.54, 1.807) is 6.92 Å². The van der Waals surface area contributed by atoms with Crippen LogP contribution in [0.1, 0.15) is 11.1 Å². The Morgan fingerprint density at radius 1 is 1.44 bits per heavy atom. The number of pyridine rings is 1. The summed E-state index contributed by atoms with van der Waals surface area (Å²) in [6.07, 6.45) is -3.42. The zero-order valence-corrected chi connectivity index (χ0v) is 8.76. The zero-order chi connectivity index (χ0) is 12.3. The lowest BCUT2D eigenvalue weighted by Crippen LogP contribution is -2.20. The third-order valence-corrected chi connectivity index (χ3v) is 1.94. The van der Waals surface area contributed by atoms with Gasteiger partial charge in [0.05, 0.1) is 7.11 Å². The predicted molar refractivity (Wildman–Crippen MR) is 50.1 cm³/mol. The standard InChI is InChI=1S/C9H11F3N2O2/c1-5-4-14-8(15-2)7(6(5)3-13)16-9(10,11)12/h4H,3,13H2,1-2H3. The zero-order valence-electron chi connectivity index (χ0n) is 8.76. The van der Waals surface area contributed by atoms with Gasteiger partial charge in [0.25, 0.3) is 5.88 Å². The quantitative estimate of drug-likeness (QED) is 0.868. The molecule has 90 valence electrons. The summed E-state index contributed by atoms with van der Waals surface area (Å²) in [5.41, 5.74) is 6.11. The molecular weight excluding hydrogens is 225 g/mol. The van der Waals surface area contributed by atoms with Crippen molar-refractivity contribution in [1.82, 2.24) is 4.98 Å². The molecule has 0 bridgehead atoms. The van der Waals surface area contributed by atoms with Crippen molar-refractivity contribution in [3.63, 3.8) is 0 Å². The van der Waals surface area contributed by atoms with E-state index in [1.807, 2.05) is 0 Å². The first-order valence-electron chi connectivity index (χ1n) is 4.37. The summed E-state index contributed by atoms with van der Waals surface area (Å²) in [4.78, 5) is 3.69. The Morgan fingerprint density at radius 2 is 2.06 bits per heavy atom. The molecule has 1 heterocycles. The summed E-state index contributed by atoms with van der Waals surface area (Å²) < 4.78 is 45.0. The first-order valence-corrected chi connectivity index (χ1v) is 4.37. The molecule has 0 radical (unpaired) electrons. The van der Waals surface area contributed by atoms with Crippen LogP contribution in [-0.4, -0.2) is 18.5 Å². The molecule has 0 unspecified atom stereocenters. The van der Waals surface area contributed by atoms with Crippen molar-refractivity contribution in [1.29, 1.82) is 0 Å². The first-order chi connectivity index (χ1) is 7.39. The van der Waals surface area contributed by atoms with Crippen molar-refractivity contribution in [3.05, 3.63) is 17.3 Å². The van der Waals surface area contributed by atoms with Gasteiger partial charge in [-0.1, -0.05) is 0 Å². The number of aromatic nitrogens is 1. The van der Waals surface area contributed by atoms with E-state index in [0.717, 1.165) is 0 Å². The molecule has 7 heteroatoms. The highest BCUT2D eigenvalue weighted by Crippen LogP contribution is 2.35. The van der Waals surface area contributed by atoms with Gasteiger partial charge in [0.1, 0.15) is 0 Å². The molecule has 16 heavy (non-hydrogen) atoms. The van der Waals surface area contributed by atoms with Crippen LogP contribution in [0.15, 0.2) is 6.20 Å². The van der Waals surface area contributed by atoms with Gasteiger partial charge in [-0.2, -0.15) is 0 Å². The van der Waals surface area contributed by atoms with Crippen LogP contribution in [0.25, 0.3) is 0 Å². The topological polar surface area (TPSA) is 57.4 Å². The van der Waals surface area contributed by atoms with Crippen molar-refractivity contribution in [3.8, 4) is 11.6 Å². The summed E-state index contributed by atoms with van der Waals surface area (Å²) in [6.45, 7) is 1.51. The molecule has 0 aliphatic rings. The highest BCUT2D eigenvalue weighted by atomic mass is 19.4. The largest absolute Gasteiger partial charge is 0.573 e. The number of aryl methyl sites for hydroxylation is 1. The van der Waals surface area contributed by atoms with Gasteiger partial charge < -0.3 is 15.2 Å². The molecule has 1 rings (SSSR count). The molecule has 0 aliphatic heterocycles. The highest BCUT2D eigenvalue weighted by molar-refractivity contribution is 5.45. The molecule has 0 amide bonds. The van der Waals surface area contributed by atoms with Crippen LogP contribution >= 0.6 is 0 Å². The molecule has 0 aliphatic carbocycles. The molecule has 0 spiro atoms. The number of nitrogens with two attached hydrogens (primary N) is 1. The van der Waals surface area contributed by atoms with Crippen molar-refractivity contribution < 1.29 is 22.6 Å². The first kappa shape index (κ1) is 12.6. The van der Waals surface area contributed by atoms with Gasteiger partial charge >= 0.3 is 6.36 Å². The molecule has 0 aromatic carbocycles. The van der Waals surface area contributed by atoms with Crippen LogP contribution in [0.5, 0.6) is 11.6 Å². The third-order valence-electron chi connectivity index (χ3n) is 1.94. The maximum atomic E-state index is 12.2. The summed E-state index contributed by atoms with van der Waals surface area (Å²) in [6, 6.07) is 0. The minimum absolute atomic E-state index is 0.0872. The van der Waals surface area contributed by atoms with Gasteiger partial charge in [-0.3, -0.25) is 0 Å². The van der Waals surface area contributed by atoms with E-state index < -0.39 is 12.1 Å². The lowest BCUT2D eigenvalue weighted by atomic mass is 10.1. The maximum absolute atomic E-state index is 12.2. The summed E-state index contributed by atoms with van der Waals surface area (Å²) in [7, 11) is 1.21. The Labute approximate surface area is 90.2 Å². The third kappa shape index (κ3) is 2.75. The minimum atomic E-state index is -4.80. The second kappa shape index (κ2) is 4.56. The Hall–Kier alpha value is -1.50. The fourth-order valence-corrected chi connectivity index (χ4v) is 1.22. The normalized spacial score (nSPS) is 11.4. The monoisotopic (exact) mass is 236 g/mol. The number of methoxy groups -OCH3 is 1.